The Morgan fingerprint density at radius 3 is 2.53 bits per heavy atom. The summed E-state index contributed by atoms with van der Waals surface area (Å²) in [6.45, 7) is 0.544. The molecule has 78 valence electrons. The highest BCUT2D eigenvalue weighted by Crippen LogP contribution is 2.32. The third kappa shape index (κ3) is 2.54. The highest BCUT2D eigenvalue weighted by Gasteiger charge is 2.30. The summed E-state index contributed by atoms with van der Waals surface area (Å²) in [5.41, 5.74) is 7.29. The summed E-state index contributed by atoms with van der Waals surface area (Å²) in [4.78, 5) is 11.7. The fourth-order valence-electron chi connectivity index (χ4n) is 1.54. The first-order chi connectivity index (χ1) is 7.31. The second-order valence-corrected chi connectivity index (χ2v) is 3.90. The number of carbonyl (C=O) groups excluding carboxylic acids is 1. The zero-order chi connectivity index (χ0) is 10.7. The molecule has 2 N–H and O–H groups in total. The van der Waals surface area contributed by atoms with Gasteiger partial charge in [0.25, 0.3) is 0 Å². The molecule has 1 aliphatic rings. The number of hydrogen-bond acceptors (Lipinski definition) is 2. The number of Topliss-reactive ketones (excluding diaryl/α,β-unsaturated/α-hetero) is 1. The number of benzene rings is 1. The van der Waals surface area contributed by atoms with Crippen molar-refractivity contribution in [3.8, 4) is 0 Å². The Morgan fingerprint density at radius 2 is 2.00 bits per heavy atom. The Labute approximate surface area is 89.8 Å². The van der Waals surface area contributed by atoms with Crippen LogP contribution in [0.4, 0.5) is 0 Å². The molecule has 15 heavy (non-hydrogen) atoms. The van der Waals surface area contributed by atoms with Gasteiger partial charge in [0.1, 0.15) is 0 Å². The van der Waals surface area contributed by atoms with Gasteiger partial charge in [-0.25, -0.2) is 0 Å². The van der Waals surface area contributed by atoms with Crippen LogP contribution in [0.3, 0.4) is 0 Å². The average molecular weight is 201 g/mol. The third-order valence-electron chi connectivity index (χ3n) is 2.59. The SMILES string of the molecule is NCC=Cc1ccc(C(=O)C2CC2)cc1. The Kier molecular flexibility index (Phi) is 2.97. The Morgan fingerprint density at radius 1 is 1.33 bits per heavy atom. The summed E-state index contributed by atoms with van der Waals surface area (Å²) >= 11 is 0. The van der Waals surface area contributed by atoms with Crippen LogP contribution in [0.1, 0.15) is 28.8 Å². The Balaban J connectivity index is 2.09. The van der Waals surface area contributed by atoms with Crippen molar-refractivity contribution in [1.29, 1.82) is 0 Å². The van der Waals surface area contributed by atoms with E-state index in [0.29, 0.717) is 18.2 Å². The number of hydrogen-bond donors (Lipinski definition) is 1. The van der Waals surface area contributed by atoms with Crippen LogP contribution in [0.5, 0.6) is 0 Å². The van der Waals surface area contributed by atoms with E-state index in [9.17, 15) is 4.79 Å². The van der Waals surface area contributed by atoms with Gasteiger partial charge in [-0.1, -0.05) is 36.4 Å². The zero-order valence-corrected chi connectivity index (χ0v) is 8.65. The van der Waals surface area contributed by atoms with E-state index in [1.165, 1.54) is 0 Å². The molecule has 0 aromatic heterocycles. The normalized spacial score (nSPS) is 15.8. The lowest BCUT2D eigenvalue weighted by atomic mass is 10.1. The van der Waals surface area contributed by atoms with Crippen molar-refractivity contribution in [3.63, 3.8) is 0 Å². The lowest BCUT2D eigenvalue weighted by Gasteiger charge is -1.99. The van der Waals surface area contributed by atoms with Crippen molar-refractivity contribution in [1.82, 2.24) is 0 Å². The number of ketones is 1. The van der Waals surface area contributed by atoms with Gasteiger partial charge < -0.3 is 5.73 Å². The van der Waals surface area contributed by atoms with Gasteiger partial charge in [0.05, 0.1) is 0 Å². The molecule has 0 aliphatic heterocycles. The molecule has 1 aliphatic carbocycles. The molecule has 1 aromatic rings. The monoisotopic (exact) mass is 201 g/mol. The van der Waals surface area contributed by atoms with Crippen LogP contribution < -0.4 is 5.73 Å². The number of carbonyl (C=O) groups is 1. The molecule has 2 heteroatoms. The molecule has 0 atom stereocenters. The summed E-state index contributed by atoms with van der Waals surface area (Å²) in [5, 5.41) is 0. The van der Waals surface area contributed by atoms with Gasteiger partial charge in [-0.3, -0.25) is 4.79 Å². The molecule has 0 saturated heterocycles. The largest absolute Gasteiger partial charge is 0.327 e. The van der Waals surface area contributed by atoms with Crippen LogP contribution in [-0.2, 0) is 0 Å². The van der Waals surface area contributed by atoms with E-state index >= 15 is 0 Å². The second-order valence-electron chi connectivity index (χ2n) is 3.90. The van der Waals surface area contributed by atoms with Crippen LogP contribution in [0.2, 0.25) is 0 Å². The van der Waals surface area contributed by atoms with E-state index in [0.717, 1.165) is 24.0 Å². The van der Waals surface area contributed by atoms with E-state index in [1.807, 2.05) is 36.4 Å². The molecule has 0 heterocycles. The molecule has 0 radical (unpaired) electrons. The van der Waals surface area contributed by atoms with Gasteiger partial charge in [-0.15, -0.1) is 0 Å². The summed E-state index contributed by atoms with van der Waals surface area (Å²) < 4.78 is 0. The fourth-order valence-corrected chi connectivity index (χ4v) is 1.54. The molecule has 0 amide bonds. The first-order valence-electron chi connectivity index (χ1n) is 5.32. The van der Waals surface area contributed by atoms with Crippen LogP contribution in [-0.4, -0.2) is 12.3 Å². The molecular formula is C13H15NO. The zero-order valence-electron chi connectivity index (χ0n) is 8.65. The van der Waals surface area contributed by atoms with E-state index in [2.05, 4.69) is 0 Å². The number of rotatable bonds is 4. The van der Waals surface area contributed by atoms with Gasteiger partial charge in [-0.05, 0) is 18.4 Å². The van der Waals surface area contributed by atoms with Gasteiger partial charge >= 0.3 is 0 Å². The maximum atomic E-state index is 11.7. The standard InChI is InChI=1S/C13H15NO/c14-9-1-2-10-3-5-11(6-4-10)13(15)12-7-8-12/h1-6,12H,7-9,14H2. The molecular weight excluding hydrogens is 186 g/mol. The molecule has 1 saturated carbocycles. The molecule has 2 nitrogen and oxygen atoms in total. The third-order valence-corrected chi connectivity index (χ3v) is 2.59. The van der Waals surface area contributed by atoms with Crippen LogP contribution in [0.15, 0.2) is 30.3 Å². The van der Waals surface area contributed by atoms with Crippen LogP contribution in [0, 0.1) is 5.92 Å². The highest BCUT2D eigenvalue weighted by atomic mass is 16.1. The summed E-state index contributed by atoms with van der Waals surface area (Å²) in [6.07, 6.45) is 5.99. The lowest BCUT2D eigenvalue weighted by molar-refractivity contribution is 0.0967. The fraction of sp³-hybridized carbons (Fsp3) is 0.308. The minimum Gasteiger partial charge on any atom is -0.327 e. The van der Waals surface area contributed by atoms with Crippen molar-refractivity contribution in [3.05, 3.63) is 41.5 Å². The molecule has 0 unspecified atom stereocenters. The first-order valence-corrected chi connectivity index (χ1v) is 5.32. The minimum atomic E-state index is 0.296. The van der Waals surface area contributed by atoms with E-state index < -0.39 is 0 Å². The predicted molar refractivity (Wildman–Crippen MR) is 61.6 cm³/mol. The summed E-state index contributed by atoms with van der Waals surface area (Å²) in [7, 11) is 0. The summed E-state index contributed by atoms with van der Waals surface area (Å²) in [5.74, 6) is 0.597. The lowest BCUT2D eigenvalue weighted by Crippen LogP contribution is -2.00. The van der Waals surface area contributed by atoms with E-state index in [1.54, 1.807) is 0 Å². The second kappa shape index (κ2) is 4.41. The molecule has 0 spiro atoms. The van der Waals surface area contributed by atoms with Crippen molar-refractivity contribution in [2.45, 2.75) is 12.8 Å². The Bertz CT molecular complexity index is 374. The van der Waals surface area contributed by atoms with Gasteiger partial charge in [0.2, 0.25) is 0 Å². The van der Waals surface area contributed by atoms with Gasteiger partial charge in [0, 0.05) is 18.0 Å². The van der Waals surface area contributed by atoms with Crippen molar-refractivity contribution >= 4 is 11.9 Å². The van der Waals surface area contributed by atoms with Crippen LogP contribution >= 0.6 is 0 Å². The minimum absolute atomic E-state index is 0.296. The molecule has 0 bridgehead atoms. The van der Waals surface area contributed by atoms with Crippen LogP contribution in [0.25, 0.3) is 6.08 Å². The smallest absolute Gasteiger partial charge is 0.165 e. The maximum Gasteiger partial charge on any atom is 0.165 e. The Hall–Kier alpha value is -1.41. The van der Waals surface area contributed by atoms with Crippen molar-refractivity contribution in [2.75, 3.05) is 6.54 Å². The summed E-state index contributed by atoms with van der Waals surface area (Å²) in [6, 6.07) is 7.72. The van der Waals surface area contributed by atoms with Gasteiger partial charge in [0.15, 0.2) is 5.78 Å². The van der Waals surface area contributed by atoms with Crippen molar-refractivity contribution < 1.29 is 4.79 Å². The quantitative estimate of drug-likeness (QED) is 0.759. The van der Waals surface area contributed by atoms with Gasteiger partial charge in [-0.2, -0.15) is 0 Å². The highest BCUT2D eigenvalue weighted by molar-refractivity contribution is 5.99. The number of nitrogens with two attached hydrogens (primary N) is 1. The van der Waals surface area contributed by atoms with Crippen molar-refractivity contribution in [2.24, 2.45) is 11.7 Å². The molecule has 1 fully saturated rings. The maximum absolute atomic E-state index is 11.7. The first kappa shape index (κ1) is 10.1. The predicted octanol–water partition coefficient (Wildman–Crippen LogP) is 2.25. The molecule has 1 aromatic carbocycles. The van der Waals surface area contributed by atoms with E-state index in [4.69, 9.17) is 5.73 Å². The molecule has 2 rings (SSSR count). The topological polar surface area (TPSA) is 43.1 Å². The van der Waals surface area contributed by atoms with E-state index in [-0.39, 0.29) is 0 Å². The average Bonchev–Trinajstić information content (AvgIpc) is 3.10.